The van der Waals surface area contributed by atoms with Gasteiger partial charge in [-0.25, -0.2) is 0 Å². The van der Waals surface area contributed by atoms with Crippen molar-refractivity contribution in [2.45, 2.75) is 104 Å². The molecule has 0 amide bonds. The average molecular weight is 789 g/mol. The Morgan fingerprint density at radius 3 is 1.71 bits per heavy atom. The number of ether oxygens (including phenoxy) is 5. The van der Waals surface area contributed by atoms with E-state index in [1.54, 1.807) is 14.2 Å². The molecule has 2 aliphatic heterocycles. The fourth-order valence-electron chi connectivity index (χ4n) is 7.63. The van der Waals surface area contributed by atoms with E-state index >= 15 is 0 Å². The molecule has 58 heavy (non-hydrogen) atoms. The molecule has 10 nitrogen and oxygen atoms in total. The van der Waals surface area contributed by atoms with Crippen LogP contribution < -0.4 is 20.4 Å². The summed E-state index contributed by atoms with van der Waals surface area (Å²) in [6.07, 6.45) is 5.06. The Kier molecular flexibility index (Phi) is 12.1. The highest BCUT2D eigenvalue weighted by molar-refractivity contribution is 6.66. The number of terminal acetylenes is 1. The fraction of sp³-hybridized carbons (Fsp3) is 0.457. The first-order valence-electron chi connectivity index (χ1n) is 19.5. The molecule has 0 saturated carbocycles. The summed E-state index contributed by atoms with van der Waals surface area (Å²) in [6.45, 7) is 20.0. The van der Waals surface area contributed by atoms with Gasteiger partial charge in [-0.2, -0.15) is 0 Å². The van der Waals surface area contributed by atoms with E-state index < -0.39 is 54.1 Å². The van der Waals surface area contributed by atoms with Gasteiger partial charge in [0.05, 0.1) is 16.8 Å². The third-order valence-corrected chi connectivity index (χ3v) is 11.5. The van der Waals surface area contributed by atoms with Gasteiger partial charge in [0.15, 0.2) is 13.6 Å². The molecule has 0 radical (unpaired) electrons. The van der Waals surface area contributed by atoms with Crippen LogP contribution >= 0.6 is 0 Å². The molecule has 2 aliphatic rings. The standard InChI is InChI=1S/C46H54B2O10/c1-14-30-18-15-21-32-24-34(52-28-50-12)26-36(39(30)32)48-57-45(9,10)46(11,58-48)41(42(2,3)4)54-38(49)23-17-20-31-19-16-22-33-25-35(53-29-51-13)27-37(40(31)33)47-55-43(5,6)44(7,8)56-47/h1,15-16,18-19,21-22,24-27,41H,23,28-29H2,2-13H3. The number of rotatable bonds is 11. The van der Waals surface area contributed by atoms with Crippen molar-refractivity contribution in [1.29, 1.82) is 0 Å². The predicted molar refractivity (Wildman–Crippen MR) is 227 cm³/mol. The first-order valence-corrected chi connectivity index (χ1v) is 19.5. The minimum Gasteiger partial charge on any atom is -0.468 e. The number of fused-ring (bicyclic) bond motifs is 2. The van der Waals surface area contributed by atoms with Crippen molar-refractivity contribution in [3.05, 3.63) is 71.8 Å². The maximum Gasteiger partial charge on any atom is 0.495 e. The lowest BCUT2D eigenvalue weighted by Crippen LogP contribution is -2.59. The summed E-state index contributed by atoms with van der Waals surface area (Å²) in [5.74, 6) is 9.83. The highest BCUT2D eigenvalue weighted by Gasteiger charge is 2.62. The van der Waals surface area contributed by atoms with Crippen LogP contribution in [0.1, 0.15) is 86.8 Å². The molecule has 0 bridgehead atoms. The van der Waals surface area contributed by atoms with Gasteiger partial charge in [-0.05, 0) is 117 Å². The lowest BCUT2D eigenvalue weighted by atomic mass is 9.71. The van der Waals surface area contributed by atoms with E-state index in [0.717, 1.165) is 27.0 Å². The zero-order valence-electron chi connectivity index (χ0n) is 35.8. The van der Waals surface area contributed by atoms with Gasteiger partial charge in [-0.15, -0.1) is 6.42 Å². The minimum absolute atomic E-state index is 0.0623. The largest absolute Gasteiger partial charge is 0.495 e. The summed E-state index contributed by atoms with van der Waals surface area (Å²) in [7, 11) is 1.59. The molecule has 2 atom stereocenters. The molecular formula is C46H54B2O10. The monoisotopic (exact) mass is 788 g/mol. The topological polar surface area (TPSA) is 100 Å². The predicted octanol–water partition coefficient (Wildman–Crippen LogP) is 6.92. The molecule has 0 aromatic heterocycles. The number of benzene rings is 4. The zero-order valence-corrected chi connectivity index (χ0v) is 35.8. The maximum absolute atomic E-state index is 13.8. The van der Waals surface area contributed by atoms with Crippen LogP contribution in [-0.2, 0) is 37.6 Å². The van der Waals surface area contributed by atoms with Gasteiger partial charge in [0.1, 0.15) is 29.6 Å². The molecule has 2 unspecified atom stereocenters. The van der Waals surface area contributed by atoms with Crippen molar-refractivity contribution in [2.75, 3.05) is 27.8 Å². The van der Waals surface area contributed by atoms with Gasteiger partial charge in [-0.3, -0.25) is 4.79 Å². The molecule has 4 aromatic carbocycles. The molecule has 0 spiro atoms. The first-order chi connectivity index (χ1) is 27.2. The Bertz CT molecular complexity index is 2280. The number of carbonyl (C=O) groups excluding carboxylic acids is 1. The lowest BCUT2D eigenvalue weighted by Gasteiger charge is -2.47. The number of hydrogen-bond acceptors (Lipinski definition) is 10. The highest BCUT2D eigenvalue weighted by atomic mass is 16.7. The summed E-state index contributed by atoms with van der Waals surface area (Å²) in [5.41, 5.74) is -0.885. The van der Waals surface area contributed by atoms with Crippen molar-refractivity contribution in [2.24, 2.45) is 5.41 Å². The van der Waals surface area contributed by atoms with Crippen LogP contribution in [0.2, 0.25) is 0 Å². The molecule has 12 heteroatoms. The van der Waals surface area contributed by atoms with E-state index in [1.165, 1.54) is 0 Å². The quantitative estimate of drug-likeness (QED) is 0.0690. The SMILES string of the molecule is C#Cc1cccc2cc(OCOC)cc(B3OC(C)(C)C(C)(C(OC(=O)CC#Cc4cccc5cc(OCOC)cc(B6OC(C)(C)C(C)(C)O6)c45)C(C)(C)C)O3)c12. The molecule has 2 saturated heterocycles. The van der Waals surface area contributed by atoms with Gasteiger partial charge in [0.25, 0.3) is 0 Å². The molecule has 4 aromatic rings. The molecule has 304 valence electrons. The average Bonchev–Trinajstić information content (AvgIpc) is 3.54. The number of esters is 1. The third-order valence-electron chi connectivity index (χ3n) is 11.5. The van der Waals surface area contributed by atoms with E-state index in [-0.39, 0.29) is 20.0 Å². The van der Waals surface area contributed by atoms with E-state index in [9.17, 15) is 4.79 Å². The normalized spacial score (nSPS) is 20.1. The van der Waals surface area contributed by atoms with Crippen LogP contribution in [0.4, 0.5) is 0 Å². The van der Waals surface area contributed by atoms with Gasteiger partial charge in [-0.1, -0.05) is 62.8 Å². The van der Waals surface area contributed by atoms with E-state index in [4.69, 9.17) is 48.7 Å². The van der Waals surface area contributed by atoms with Crippen molar-refractivity contribution in [1.82, 2.24) is 0 Å². The minimum atomic E-state index is -1.12. The van der Waals surface area contributed by atoms with Crippen LogP contribution in [-0.4, -0.2) is 76.5 Å². The third kappa shape index (κ3) is 8.33. The van der Waals surface area contributed by atoms with Crippen molar-refractivity contribution >= 4 is 52.7 Å². The van der Waals surface area contributed by atoms with Crippen molar-refractivity contribution in [3.8, 4) is 35.7 Å². The van der Waals surface area contributed by atoms with Gasteiger partial charge < -0.3 is 42.3 Å². The summed E-state index contributed by atoms with van der Waals surface area (Å²) >= 11 is 0. The summed E-state index contributed by atoms with van der Waals surface area (Å²) < 4.78 is 55.1. The van der Waals surface area contributed by atoms with Crippen LogP contribution in [0.5, 0.6) is 11.5 Å². The fourth-order valence-corrected chi connectivity index (χ4v) is 7.63. The highest BCUT2D eigenvalue weighted by Crippen LogP contribution is 2.47. The van der Waals surface area contributed by atoms with Crippen LogP contribution in [0.25, 0.3) is 21.5 Å². The second kappa shape index (κ2) is 16.3. The van der Waals surface area contributed by atoms with Crippen LogP contribution in [0, 0.1) is 29.6 Å². The second-order valence-electron chi connectivity index (χ2n) is 17.6. The first kappa shape index (κ1) is 43.1. The molecule has 2 heterocycles. The number of hydrogen-bond donors (Lipinski definition) is 0. The van der Waals surface area contributed by atoms with Crippen LogP contribution in [0.15, 0.2) is 60.7 Å². The smallest absolute Gasteiger partial charge is 0.468 e. The molecule has 0 aliphatic carbocycles. The van der Waals surface area contributed by atoms with Crippen molar-refractivity contribution in [3.63, 3.8) is 0 Å². The summed E-state index contributed by atoms with van der Waals surface area (Å²) in [6, 6.07) is 19.2. The van der Waals surface area contributed by atoms with Gasteiger partial charge >= 0.3 is 20.2 Å². The van der Waals surface area contributed by atoms with E-state index in [2.05, 4.69) is 17.8 Å². The van der Waals surface area contributed by atoms with Gasteiger partial charge in [0, 0.05) is 30.8 Å². The van der Waals surface area contributed by atoms with E-state index in [1.807, 2.05) is 130 Å². The Morgan fingerprint density at radius 1 is 0.724 bits per heavy atom. The summed E-state index contributed by atoms with van der Waals surface area (Å²) in [4.78, 5) is 13.8. The molecular weight excluding hydrogens is 734 g/mol. The molecule has 0 N–H and O–H groups in total. The molecule has 6 rings (SSSR count). The van der Waals surface area contributed by atoms with Gasteiger partial charge in [0.2, 0.25) is 0 Å². The Balaban J connectivity index is 1.30. The maximum atomic E-state index is 13.8. The van der Waals surface area contributed by atoms with E-state index in [0.29, 0.717) is 28.1 Å². The Morgan fingerprint density at radius 2 is 1.21 bits per heavy atom. The Labute approximate surface area is 343 Å². The van der Waals surface area contributed by atoms with Crippen molar-refractivity contribution < 1.29 is 47.1 Å². The second-order valence-corrected chi connectivity index (χ2v) is 17.6. The summed E-state index contributed by atoms with van der Waals surface area (Å²) in [5, 5.41) is 3.40. The number of carbonyl (C=O) groups is 1. The Hall–Kier alpha value is -4.52. The molecule has 2 fully saturated rings. The lowest BCUT2D eigenvalue weighted by molar-refractivity contribution is -0.184. The zero-order chi connectivity index (χ0) is 42.3. The van der Waals surface area contributed by atoms with Crippen LogP contribution in [0.3, 0.4) is 0 Å². The number of methoxy groups -OCH3 is 2.